The normalized spacial score (nSPS) is 19.4. The Morgan fingerprint density at radius 2 is 2.18 bits per heavy atom. The number of nitrogens with zero attached hydrogens (tertiary/aromatic N) is 3. The molecule has 0 aromatic carbocycles. The number of ether oxygens (including phenoxy) is 2. The number of aliphatic imine (C=N–C) groups is 1. The second kappa shape index (κ2) is 10.6. The van der Waals surface area contributed by atoms with Crippen LogP contribution in [0.5, 0.6) is 0 Å². The number of pyridine rings is 1. The van der Waals surface area contributed by atoms with Crippen molar-refractivity contribution in [2.45, 2.75) is 53.4 Å². The molecule has 0 radical (unpaired) electrons. The summed E-state index contributed by atoms with van der Waals surface area (Å²) in [6.07, 6.45) is 2.26. The molecule has 2 atom stereocenters. The van der Waals surface area contributed by atoms with Gasteiger partial charge in [-0.3, -0.25) is 0 Å². The summed E-state index contributed by atoms with van der Waals surface area (Å²) >= 11 is 0. The number of morpholine rings is 1. The molecule has 28 heavy (non-hydrogen) atoms. The molecule has 0 bridgehead atoms. The van der Waals surface area contributed by atoms with E-state index in [0.29, 0.717) is 13.1 Å². The van der Waals surface area contributed by atoms with Crippen LogP contribution in [-0.2, 0) is 16.0 Å². The third-order valence-electron chi connectivity index (χ3n) is 4.84. The zero-order valence-corrected chi connectivity index (χ0v) is 18.3. The summed E-state index contributed by atoms with van der Waals surface area (Å²) < 4.78 is 11.2. The maximum atomic E-state index is 5.62. The number of anilines is 1. The Kier molecular flexibility index (Phi) is 8.51. The summed E-state index contributed by atoms with van der Waals surface area (Å²) in [4.78, 5) is 11.6. The Balaban J connectivity index is 1.94. The Morgan fingerprint density at radius 1 is 1.39 bits per heavy atom. The lowest BCUT2D eigenvalue weighted by Crippen LogP contribution is -2.45. The summed E-state index contributed by atoms with van der Waals surface area (Å²) in [5.74, 6) is 1.79. The molecule has 7 nitrogen and oxygen atoms in total. The number of hydrogen-bond donors (Lipinski definition) is 2. The smallest absolute Gasteiger partial charge is 0.191 e. The number of guanidine groups is 1. The van der Waals surface area contributed by atoms with Crippen molar-refractivity contribution < 1.29 is 9.47 Å². The van der Waals surface area contributed by atoms with Gasteiger partial charge in [0.2, 0.25) is 0 Å². The Labute approximate surface area is 169 Å². The van der Waals surface area contributed by atoms with Crippen LogP contribution in [0.15, 0.2) is 23.3 Å². The third-order valence-corrected chi connectivity index (χ3v) is 4.84. The molecule has 1 aliphatic rings. The number of hydrogen-bond acceptors (Lipinski definition) is 5. The maximum Gasteiger partial charge on any atom is 0.191 e. The van der Waals surface area contributed by atoms with Gasteiger partial charge in [-0.15, -0.1) is 0 Å². The standard InChI is InChI=1S/C21H37N5O2/c1-7-22-20(25-14-18(27-6)21(3,4)5)24-13-17-8-9-19(23-12-17)26-10-11-28-16(2)15-26/h8-9,12,16,18H,7,10-11,13-15H2,1-6H3,(H2,22,24,25). The van der Waals surface area contributed by atoms with Crippen LogP contribution in [0.4, 0.5) is 5.82 Å². The molecule has 2 rings (SSSR count). The Hall–Kier alpha value is -1.86. The predicted molar refractivity (Wildman–Crippen MR) is 115 cm³/mol. The SMILES string of the molecule is CCNC(=NCc1ccc(N2CCOC(C)C2)nc1)NCC(OC)C(C)(C)C. The van der Waals surface area contributed by atoms with E-state index in [9.17, 15) is 0 Å². The average molecular weight is 392 g/mol. The number of aromatic nitrogens is 1. The molecule has 2 N–H and O–H groups in total. The van der Waals surface area contributed by atoms with Gasteiger partial charge in [0.05, 0.1) is 25.4 Å². The third kappa shape index (κ3) is 6.95. The van der Waals surface area contributed by atoms with E-state index < -0.39 is 0 Å². The van der Waals surface area contributed by atoms with Crippen LogP contribution in [0.2, 0.25) is 0 Å². The summed E-state index contributed by atoms with van der Waals surface area (Å²) in [6.45, 7) is 15.3. The van der Waals surface area contributed by atoms with E-state index in [1.165, 1.54) is 0 Å². The fourth-order valence-corrected chi connectivity index (χ4v) is 3.17. The van der Waals surface area contributed by atoms with Crippen LogP contribution in [0.1, 0.15) is 40.2 Å². The molecule has 1 saturated heterocycles. The van der Waals surface area contributed by atoms with Crippen molar-refractivity contribution in [2.75, 3.05) is 44.8 Å². The quantitative estimate of drug-likeness (QED) is 0.549. The maximum absolute atomic E-state index is 5.62. The second-order valence-corrected chi connectivity index (χ2v) is 8.32. The van der Waals surface area contributed by atoms with Crippen LogP contribution in [0.25, 0.3) is 0 Å². The summed E-state index contributed by atoms with van der Waals surface area (Å²) in [6, 6.07) is 4.17. The van der Waals surface area contributed by atoms with Gasteiger partial charge in [0.15, 0.2) is 5.96 Å². The molecule has 1 fully saturated rings. The molecule has 2 unspecified atom stereocenters. The van der Waals surface area contributed by atoms with Crippen molar-refractivity contribution >= 4 is 11.8 Å². The van der Waals surface area contributed by atoms with Crippen molar-refractivity contribution in [3.8, 4) is 0 Å². The lowest BCUT2D eigenvalue weighted by Gasteiger charge is -2.32. The van der Waals surface area contributed by atoms with Gasteiger partial charge in [-0.05, 0) is 30.9 Å². The van der Waals surface area contributed by atoms with E-state index in [1.54, 1.807) is 7.11 Å². The first-order valence-corrected chi connectivity index (χ1v) is 10.2. The van der Waals surface area contributed by atoms with Gasteiger partial charge < -0.3 is 25.0 Å². The molecular weight excluding hydrogens is 354 g/mol. The van der Waals surface area contributed by atoms with E-state index in [2.05, 4.69) is 67.3 Å². The zero-order chi connectivity index (χ0) is 20.6. The molecule has 7 heteroatoms. The first kappa shape index (κ1) is 22.4. The number of rotatable bonds is 7. The Morgan fingerprint density at radius 3 is 2.75 bits per heavy atom. The van der Waals surface area contributed by atoms with E-state index in [0.717, 1.165) is 43.6 Å². The molecule has 1 aromatic rings. The first-order chi connectivity index (χ1) is 13.3. The highest BCUT2D eigenvalue weighted by Gasteiger charge is 2.24. The van der Waals surface area contributed by atoms with Crippen LogP contribution < -0.4 is 15.5 Å². The zero-order valence-electron chi connectivity index (χ0n) is 18.3. The van der Waals surface area contributed by atoms with E-state index >= 15 is 0 Å². The topological polar surface area (TPSA) is 71.0 Å². The molecule has 0 spiro atoms. The van der Waals surface area contributed by atoms with E-state index in [-0.39, 0.29) is 17.6 Å². The molecule has 158 valence electrons. The van der Waals surface area contributed by atoms with Crippen LogP contribution in [0.3, 0.4) is 0 Å². The monoisotopic (exact) mass is 391 g/mol. The largest absolute Gasteiger partial charge is 0.379 e. The van der Waals surface area contributed by atoms with E-state index in [4.69, 9.17) is 14.5 Å². The molecule has 1 aliphatic heterocycles. The van der Waals surface area contributed by atoms with Gasteiger partial charge in [-0.1, -0.05) is 26.8 Å². The van der Waals surface area contributed by atoms with Crippen molar-refractivity contribution in [2.24, 2.45) is 10.4 Å². The van der Waals surface area contributed by atoms with Gasteiger partial charge in [0, 0.05) is 39.5 Å². The highest BCUT2D eigenvalue weighted by Crippen LogP contribution is 2.21. The number of methoxy groups -OCH3 is 1. The fourth-order valence-electron chi connectivity index (χ4n) is 3.17. The summed E-state index contributed by atoms with van der Waals surface area (Å²) in [7, 11) is 1.75. The van der Waals surface area contributed by atoms with Gasteiger partial charge in [-0.25, -0.2) is 9.98 Å². The van der Waals surface area contributed by atoms with Crippen molar-refractivity contribution in [3.05, 3.63) is 23.9 Å². The molecular formula is C21H37N5O2. The van der Waals surface area contributed by atoms with Crippen LogP contribution in [0, 0.1) is 5.41 Å². The van der Waals surface area contributed by atoms with Crippen molar-refractivity contribution in [3.63, 3.8) is 0 Å². The fraction of sp³-hybridized carbons (Fsp3) is 0.714. The minimum atomic E-state index is 0.0653. The van der Waals surface area contributed by atoms with Crippen molar-refractivity contribution in [1.82, 2.24) is 15.6 Å². The first-order valence-electron chi connectivity index (χ1n) is 10.2. The summed E-state index contributed by atoms with van der Waals surface area (Å²) in [5.41, 5.74) is 1.15. The molecule has 0 saturated carbocycles. The van der Waals surface area contributed by atoms with Crippen molar-refractivity contribution in [1.29, 1.82) is 0 Å². The lowest BCUT2D eigenvalue weighted by atomic mass is 9.89. The van der Waals surface area contributed by atoms with Gasteiger partial charge in [0.25, 0.3) is 0 Å². The second-order valence-electron chi connectivity index (χ2n) is 8.32. The Bertz CT molecular complexity index is 612. The molecule has 2 heterocycles. The van der Waals surface area contributed by atoms with E-state index in [1.807, 2.05) is 6.20 Å². The highest BCUT2D eigenvalue weighted by molar-refractivity contribution is 5.79. The van der Waals surface area contributed by atoms with Crippen LogP contribution in [-0.4, -0.2) is 63.0 Å². The minimum absolute atomic E-state index is 0.0653. The van der Waals surface area contributed by atoms with Gasteiger partial charge >= 0.3 is 0 Å². The molecule has 1 aromatic heterocycles. The molecule has 0 aliphatic carbocycles. The summed E-state index contributed by atoms with van der Waals surface area (Å²) in [5, 5.41) is 6.68. The average Bonchev–Trinajstić information content (AvgIpc) is 2.66. The highest BCUT2D eigenvalue weighted by atomic mass is 16.5. The minimum Gasteiger partial charge on any atom is -0.379 e. The van der Waals surface area contributed by atoms with Gasteiger partial charge in [0.1, 0.15) is 5.82 Å². The predicted octanol–water partition coefficient (Wildman–Crippen LogP) is 2.42. The number of nitrogens with one attached hydrogen (secondary N) is 2. The van der Waals surface area contributed by atoms with Crippen LogP contribution >= 0.6 is 0 Å². The molecule has 0 amide bonds. The van der Waals surface area contributed by atoms with Gasteiger partial charge in [-0.2, -0.15) is 0 Å². The lowest BCUT2D eigenvalue weighted by molar-refractivity contribution is 0.0205.